The molecule has 1 amide bonds. The van der Waals surface area contributed by atoms with Gasteiger partial charge in [-0.2, -0.15) is 0 Å². The summed E-state index contributed by atoms with van der Waals surface area (Å²) in [5.41, 5.74) is -2.14. The van der Waals surface area contributed by atoms with Gasteiger partial charge in [0.1, 0.15) is 18.1 Å². The van der Waals surface area contributed by atoms with Crippen LogP contribution in [0, 0.1) is 23.7 Å². The lowest BCUT2D eigenvalue weighted by Gasteiger charge is -2.47. The number of carbonyl (C=O) groups is 3. The zero-order valence-corrected chi connectivity index (χ0v) is 30.2. The lowest BCUT2D eigenvalue weighted by Crippen LogP contribution is -2.60. The highest BCUT2D eigenvalue weighted by molar-refractivity contribution is 6.00. The van der Waals surface area contributed by atoms with Gasteiger partial charge in [0, 0.05) is 25.1 Å². The molecule has 47 heavy (non-hydrogen) atoms. The van der Waals surface area contributed by atoms with Crippen molar-refractivity contribution in [1.82, 2.24) is 15.5 Å². The zero-order valence-electron chi connectivity index (χ0n) is 30.2. The molecule has 0 radical (unpaired) electrons. The number of rotatable bonds is 8. The van der Waals surface area contributed by atoms with E-state index in [-0.39, 0.29) is 29.9 Å². The summed E-state index contributed by atoms with van der Waals surface area (Å²) in [5.74, 6) is -2.22. The van der Waals surface area contributed by atoms with E-state index < -0.39 is 65.7 Å². The Hall–Kier alpha value is -1.83. The first-order valence-electron chi connectivity index (χ1n) is 17.7. The number of ketones is 1. The summed E-state index contributed by atoms with van der Waals surface area (Å²) in [4.78, 5) is 42.3. The average Bonchev–Trinajstić information content (AvgIpc) is 3.80. The average molecular weight is 668 g/mol. The summed E-state index contributed by atoms with van der Waals surface area (Å²) in [5, 5.41) is 18.0. The highest BCUT2D eigenvalue weighted by atomic mass is 16.7. The van der Waals surface area contributed by atoms with Crippen LogP contribution in [0.2, 0.25) is 0 Å². The van der Waals surface area contributed by atoms with E-state index in [2.05, 4.69) is 17.6 Å². The number of amides is 1. The number of cyclic esters (lactones) is 1. The number of Topliss-reactive ketones (excluding diaryl/α,β-unsaturated/α-hetero) is 1. The molecular formula is C35H61N3O9. The van der Waals surface area contributed by atoms with E-state index in [9.17, 15) is 19.5 Å². The molecule has 4 fully saturated rings. The third-order valence-corrected chi connectivity index (χ3v) is 11.3. The molecule has 0 aromatic carbocycles. The molecule has 0 bridgehead atoms. The summed E-state index contributed by atoms with van der Waals surface area (Å²) < 4.78 is 31.2. The molecular weight excluding hydrogens is 606 g/mol. The third-order valence-electron chi connectivity index (χ3n) is 11.3. The number of hydrogen-bond donors (Lipinski definition) is 3. The summed E-state index contributed by atoms with van der Waals surface area (Å²) in [6.07, 6.45) is 1.80. The molecule has 12 nitrogen and oxygen atoms in total. The monoisotopic (exact) mass is 667 g/mol. The molecule has 0 spiro atoms. The van der Waals surface area contributed by atoms with Gasteiger partial charge in [-0.15, -0.1) is 0 Å². The van der Waals surface area contributed by atoms with Crippen molar-refractivity contribution in [3.05, 3.63) is 0 Å². The lowest BCUT2D eigenvalue weighted by molar-refractivity contribution is -0.298. The van der Waals surface area contributed by atoms with Gasteiger partial charge in [0.25, 0.3) is 0 Å². The fourth-order valence-corrected chi connectivity index (χ4v) is 8.04. The fourth-order valence-electron chi connectivity index (χ4n) is 8.04. The Kier molecular flexibility index (Phi) is 12.4. The summed E-state index contributed by atoms with van der Waals surface area (Å²) in [7, 11) is 5.49. The smallest absolute Gasteiger partial charge is 0.408 e. The molecule has 270 valence electrons. The molecule has 1 aliphatic carbocycles. The largest absolute Gasteiger partial charge is 0.458 e. The van der Waals surface area contributed by atoms with Crippen LogP contribution < -0.4 is 10.6 Å². The van der Waals surface area contributed by atoms with Crippen LogP contribution in [-0.4, -0.2) is 116 Å². The molecule has 0 aromatic heterocycles. The second-order valence-corrected chi connectivity index (χ2v) is 15.4. The minimum Gasteiger partial charge on any atom is -0.458 e. The number of esters is 1. The van der Waals surface area contributed by atoms with Gasteiger partial charge in [0.05, 0.1) is 23.9 Å². The maximum atomic E-state index is 14.2. The zero-order chi connectivity index (χ0) is 34.8. The quantitative estimate of drug-likeness (QED) is 0.259. The number of aliphatic hydroxyl groups is 1. The Labute approximate surface area is 281 Å². The van der Waals surface area contributed by atoms with Crippen molar-refractivity contribution < 1.29 is 43.2 Å². The van der Waals surface area contributed by atoms with Crippen LogP contribution in [0.3, 0.4) is 0 Å². The molecule has 3 saturated heterocycles. The highest BCUT2D eigenvalue weighted by Gasteiger charge is 2.55. The SMILES string of the molecule is CC[C@H]1OC(=O)C(C)C(=O)[C@H](C)[C@@H](O[C@@H]2O[C@H](CCC3CC3)C[C@H](N(C)C)[C@H]2O)[C@](C)(OC)C[C@@H](C)CN[C@H](C)[C@H]2NC(=O)O[C@@]21C. The molecule has 0 aromatic rings. The van der Waals surface area contributed by atoms with Crippen LogP contribution in [0.25, 0.3) is 0 Å². The van der Waals surface area contributed by atoms with Crippen molar-refractivity contribution in [2.45, 2.75) is 153 Å². The number of alkyl carbamates (subject to hydrolysis) is 1. The highest BCUT2D eigenvalue weighted by Crippen LogP contribution is 2.39. The van der Waals surface area contributed by atoms with E-state index >= 15 is 0 Å². The maximum absolute atomic E-state index is 14.2. The minimum atomic E-state index is -1.15. The van der Waals surface area contributed by atoms with E-state index in [1.54, 1.807) is 27.9 Å². The van der Waals surface area contributed by atoms with E-state index in [0.29, 0.717) is 25.8 Å². The van der Waals surface area contributed by atoms with Crippen LogP contribution in [0.1, 0.15) is 93.4 Å². The number of nitrogens with one attached hydrogen (secondary N) is 2. The Morgan fingerprint density at radius 2 is 1.74 bits per heavy atom. The normalized spacial score (nSPS) is 44.2. The number of carbonyl (C=O) groups excluding carboxylic acids is 3. The Morgan fingerprint density at radius 3 is 2.34 bits per heavy atom. The number of ether oxygens (including phenoxy) is 5. The minimum absolute atomic E-state index is 0.0421. The maximum Gasteiger partial charge on any atom is 0.408 e. The number of likely N-dealkylation sites (N-methyl/N-ethyl adjacent to an activating group) is 1. The third kappa shape index (κ3) is 8.49. The molecule has 1 unspecified atom stereocenters. The number of methoxy groups -OCH3 is 1. The van der Waals surface area contributed by atoms with E-state index in [1.165, 1.54) is 12.8 Å². The summed E-state index contributed by atoms with van der Waals surface area (Å²) >= 11 is 0. The predicted molar refractivity (Wildman–Crippen MR) is 176 cm³/mol. The Morgan fingerprint density at radius 1 is 1.06 bits per heavy atom. The van der Waals surface area contributed by atoms with Gasteiger partial charge < -0.3 is 44.3 Å². The second-order valence-electron chi connectivity index (χ2n) is 15.4. The van der Waals surface area contributed by atoms with Crippen molar-refractivity contribution in [3.63, 3.8) is 0 Å². The Balaban J connectivity index is 1.67. The molecule has 3 aliphatic heterocycles. The molecule has 1 saturated carbocycles. The van der Waals surface area contributed by atoms with Crippen LogP contribution >= 0.6 is 0 Å². The molecule has 4 rings (SSSR count). The van der Waals surface area contributed by atoms with Gasteiger partial charge in [-0.05, 0) is 92.3 Å². The Bertz CT molecular complexity index is 1100. The predicted octanol–water partition coefficient (Wildman–Crippen LogP) is 3.42. The second kappa shape index (κ2) is 15.4. The number of fused-ring (bicyclic) bond motifs is 1. The van der Waals surface area contributed by atoms with Gasteiger partial charge in [-0.25, -0.2) is 4.79 Å². The topological polar surface area (TPSA) is 145 Å². The van der Waals surface area contributed by atoms with Gasteiger partial charge in [-0.3, -0.25) is 9.59 Å². The van der Waals surface area contributed by atoms with Crippen LogP contribution in [0.15, 0.2) is 0 Å². The van der Waals surface area contributed by atoms with Crippen molar-refractivity contribution >= 4 is 17.8 Å². The summed E-state index contributed by atoms with van der Waals surface area (Å²) in [6, 6.07) is -0.901. The summed E-state index contributed by atoms with van der Waals surface area (Å²) in [6.45, 7) is 13.5. The molecule has 12 heteroatoms. The first-order valence-corrected chi connectivity index (χ1v) is 17.7. The first-order chi connectivity index (χ1) is 22.0. The van der Waals surface area contributed by atoms with Crippen molar-refractivity contribution in [2.24, 2.45) is 23.7 Å². The number of nitrogens with zero attached hydrogens (tertiary/aromatic N) is 1. The first kappa shape index (κ1) is 38.0. The lowest BCUT2D eigenvalue weighted by atomic mass is 9.78. The van der Waals surface area contributed by atoms with E-state index in [4.69, 9.17) is 23.7 Å². The van der Waals surface area contributed by atoms with Gasteiger partial charge in [0.2, 0.25) is 0 Å². The van der Waals surface area contributed by atoms with Crippen LogP contribution in [0.5, 0.6) is 0 Å². The molecule has 13 atom stereocenters. The van der Waals surface area contributed by atoms with Crippen molar-refractivity contribution in [1.29, 1.82) is 0 Å². The standard InChI is InChI=1S/C35H61N3O9/c1-11-26-35(7)29(37-33(42)47-35)22(5)36-18-19(2)17-34(6,43-10)30(20(3)27(39)21(4)31(41)45-26)46-32-28(40)25(38(8)9)16-24(44-32)15-14-23-12-13-23/h19-26,28-30,32,36,40H,11-18H2,1-10H3,(H,37,42)/t19-,20+,21?,22-,24-,25+,26-,28-,29-,30-,32+,34-,35-/m1/s1. The van der Waals surface area contributed by atoms with E-state index in [0.717, 1.165) is 18.8 Å². The molecule has 3 N–H and O–H groups in total. The number of aliphatic hydroxyl groups excluding tert-OH is 1. The van der Waals surface area contributed by atoms with Gasteiger partial charge >= 0.3 is 12.1 Å². The number of hydrogen-bond acceptors (Lipinski definition) is 11. The van der Waals surface area contributed by atoms with Crippen molar-refractivity contribution in [2.75, 3.05) is 27.7 Å². The molecule has 4 aliphatic rings. The van der Waals surface area contributed by atoms with Crippen molar-refractivity contribution in [3.8, 4) is 0 Å². The molecule has 3 heterocycles. The van der Waals surface area contributed by atoms with Crippen LogP contribution in [0.4, 0.5) is 4.79 Å². The van der Waals surface area contributed by atoms with E-state index in [1.807, 2.05) is 39.8 Å². The van der Waals surface area contributed by atoms with Gasteiger partial charge in [0.15, 0.2) is 17.7 Å². The van der Waals surface area contributed by atoms with Crippen LogP contribution in [-0.2, 0) is 33.3 Å². The fraction of sp³-hybridized carbons (Fsp3) is 0.914. The van der Waals surface area contributed by atoms with Gasteiger partial charge in [-0.1, -0.05) is 33.6 Å².